The van der Waals surface area contributed by atoms with Crippen molar-refractivity contribution in [3.8, 4) is 0 Å². The summed E-state index contributed by atoms with van der Waals surface area (Å²) in [6.07, 6.45) is -3.31. The lowest BCUT2D eigenvalue weighted by Crippen LogP contribution is -2.62. The molecule has 0 aliphatic carbocycles. The lowest BCUT2D eigenvalue weighted by molar-refractivity contribution is -0.147. The van der Waals surface area contributed by atoms with Gasteiger partial charge < -0.3 is 25.2 Å². The molecule has 0 aromatic carbocycles. The molecule has 1 fully saturated rings. The fourth-order valence-corrected chi connectivity index (χ4v) is 1.96. The molecule has 0 amide bonds. The first-order valence-electron chi connectivity index (χ1n) is 5.58. The fourth-order valence-electron chi connectivity index (χ4n) is 1.96. The zero-order valence-electron chi connectivity index (χ0n) is 9.49. The van der Waals surface area contributed by atoms with Crippen LogP contribution in [0.2, 0.25) is 0 Å². The Hall–Kier alpha value is -0.240. The van der Waals surface area contributed by atoms with Gasteiger partial charge in [-0.15, -0.1) is 0 Å². The molecule has 6 nitrogen and oxygen atoms in total. The van der Waals surface area contributed by atoms with Crippen molar-refractivity contribution in [2.24, 2.45) is 0 Å². The van der Waals surface area contributed by atoms with E-state index in [0.717, 1.165) is 0 Å². The van der Waals surface area contributed by atoms with E-state index in [1.807, 2.05) is 6.92 Å². The molecule has 1 aliphatic heterocycles. The highest BCUT2D eigenvalue weighted by Crippen LogP contribution is 2.18. The van der Waals surface area contributed by atoms with Crippen LogP contribution in [-0.4, -0.2) is 82.6 Å². The molecule has 0 aromatic rings. The van der Waals surface area contributed by atoms with Gasteiger partial charge in [-0.05, 0) is 6.92 Å². The van der Waals surface area contributed by atoms with Crippen molar-refractivity contribution in [1.82, 2.24) is 4.90 Å². The van der Waals surface area contributed by atoms with Crippen LogP contribution in [0.1, 0.15) is 6.92 Å². The number of aliphatic hydroxyl groups is 4. The molecule has 96 valence electrons. The van der Waals surface area contributed by atoms with Crippen LogP contribution in [0.4, 0.5) is 0 Å². The number of nitrogens with zero attached hydrogens (tertiary/aromatic N) is 1. The minimum Gasteiger partial charge on any atom is -0.395 e. The Labute approximate surface area is 95.1 Å². The third-order valence-corrected chi connectivity index (χ3v) is 2.94. The first-order valence-corrected chi connectivity index (χ1v) is 5.58. The molecule has 1 rings (SSSR count). The quantitative estimate of drug-likeness (QED) is 0.403. The molecule has 0 bridgehead atoms. The Morgan fingerprint density at radius 1 is 1.25 bits per heavy atom. The van der Waals surface area contributed by atoms with Gasteiger partial charge in [0.2, 0.25) is 0 Å². The number of β-amino-alcohol motifs (C(OH)–C–C–N with tert-alkyl or cyclic N) is 1. The predicted octanol–water partition coefficient (Wildman–Crippen LogP) is -2.22. The van der Waals surface area contributed by atoms with Crippen LogP contribution >= 0.6 is 0 Å². The highest BCUT2D eigenvalue weighted by atomic mass is 16.5. The lowest BCUT2D eigenvalue weighted by Gasteiger charge is -2.42. The molecule has 0 radical (unpaired) electrons. The Kier molecular flexibility index (Phi) is 5.60. The van der Waals surface area contributed by atoms with E-state index >= 15 is 0 Å². The monoisotopic (exact) mass is 235 g/mol. The SMILES string of the molecule is CCOCCN1C[C@H](O)[C@@H](O)[C@H](O)[C@H]1CO. The average Bonchev–Trinajstić information content (AvgIpc) is 2.27. The van der Waals surface area contributed by atoms with Crippen LogP contribution in [0.5, 0.6) is 0 Å². The van der Waals surface area contributed by atoms with Crippen LogP contribution in [0.25, 0.3) is 0 Å². The summed E-state index contributed by atoms with van der Waals surface area (Å²) >= 11 is 0. The maximum Gasteiger partial charge on any atom is 0.109 e. The first-order chi connectivity index (χ1) is 7.61. The standard InChI is InChI=1S/C10H21NO5/c1-2-16-4-3-11-5-8(13)10(15)9(14)7(11)6-12/h7-10,12-15H,2-6H2,1H3/t7-,8+,9-,10-/m1/s1. The highest BCUT2D eigenvalue weighted by Gasteiger charge is 2.40. The summed E-state index contributed by atoms with van der Waals surface area (Å²) in [4.78, 5) is 1.73. The van der Waals surface area contributed by atoms with E-state index in [2.05, 4.69) is 0 Å². The van der Waals surface area contributed by atoms with E-state index < -0.39 is 24.4 Å². The topological polar surface area (TPSA) is 93.4 Å². The number of hydrogen-bond donors (Lipinski definition) is 4. The smallest absolute Gasteiger partial charge is 0.109 e. The molecule has 4 N–H and O–H groups in total. The molecule has 0 spiro atoms. The van der Waals surface area contributed by atoms with Crippen LogP contribution < -0.4 is 0 Å². The fraction of sp³-hybridized carbons (Fsp3) is 1.00. The van der Waals surface area contributed by atoms with Gasteiger partial charge >= 0.3 is 0 Å². The number of likely N-dealkylation sites (tertiary alicyclic amines) is 1. The minimum absolute atomic E-state index is 0.233. The van der Waals surface area contributed by atoms with Gasteiger partial charge in [-0.25, -0.2) is 0 Å². The van der Waals surface area contributed by atoms with Crippen LogP contribution in [0, 0.1) is 0 Å². The molecule has 0 saturated carbocycles. The van der Waals surface area contributed by atoms with Crippen LogP contribution in [0.3, 0.4) is 0 Å². The van der Waals surface area contributed by atoms with Gasteiger partial charge in [-0.1, -0.05) is 0 Å². The van der Waals surface area contributed by atoms with Gasteiger partial charge in [0.15, 0.2) is 0 Å². The van der Waals surface area contributed by atoms with Gasteiger partial charge in [-0.3, -0.25) is 4.90 Å². The summed E-state index contributed by atoms with van der Waals surface area (Å²) in [7, 11) is 0. The van der Waals surface area contributed by atoms with Crippen LogP contribution in [-0.2, 0) is 4.74 Å². The van der Waals surface area contributed by atoms with E-state index in [1.165, 1.54) is 0 Å². The zero-order valence-corrected chi connectivity index (χ0v) is 9.49. The second kappa shape index (κ2) is 6.48. The van der Waals surface area contributed by atoms with Crippen LogP contribution in [0.15, 0.2) is 0 Å². The maximum absolute atomic E-state index is 9.68. The molecule has 16 heavy (non-hydrogen) atoms. The van der Waals surface area contributed by atoms with Gasteiger partial charge in [0.25, 0.3) is 0 Å². The minimum atomic E-state index is -1.19. The Bertz CT molecular complexity index is 204. The summed E-state index contributed by atoms with van der Waals surface area (Å²) in [5.74, 6) is 0. The molecule has 1 heterocycles. The van der Waals surface area contributed by atoms with Gasteiger partial charge in [0.05, 0.1) is 25.4 Å². The number of aliphatic hydroxyl groups excluding tert-OH is 4. The molecule has 1 aliphatic rings. The second-order valence-corrected chi connectivity index (χ2v) is 3.99. The van der Waals surface area contributed by atoms with Crippen molar-refractivity contribution in [3.05, 3.63) is 0 Å². The van der Waals surface area contributed by atoms with Crippen molar-refractivity contribution in [2.45, 2.75) is 31.3 Å². The first kappa shape index (κ1) is 13.8. The van der Waals surface area contributed by atoms with E-state index in [1.54, 1.807) is 4.90 Å². The third kappa shape index (κ3) is 3.13. The number of rotatable bonds is 5. The Balaban J connectivity index is 2.53. The predicted molar refractivity (Wildman–Crippen MR) is 57.0 cm³/mol. The molecular formula is C10H21NO5. The molecule has 1 saturated heterocycles. The molecule has 0 unspecified atom stereocenters. The maximum atomic E-state index is 9.68. The summed E-state index contributed by atoms with van der Waals surface area (Å²) in [5, 5.41) is 37.8. The average molecular weight is 235 g/mol. The molecule has 0 aromatic heterocycles. The van der Waals surface area contributed by atoms with Gasteiger partial charge in [0.1, 0.15) is 12.2 Å². The highest BCUT2D eigenvalue weighted by molar-refractivity contribution is 4.93. The van der Waals surface area contributed by atoms with E-state index in [-0.39, 0.29) is 13.2 Å². The zero-order chi connectivity index (χ0) is 12.1. The van der Waals surface area contributed by atoms with Crippen molar-refractivity contribution in [1.29, 1.82) is 0 Å². The van der Waals surface area contributed by atoms with Crippen molar-refractivity contribution in [2.75, 3.05) is 32.9 Å². The molecular weight excluding hydrogens is 214 g/mol. The summed E-state index contributed by atoms with van der Waals surface area (Å²) < 4.78 is 5.18. The number of piperidine rings is 1. The lowest BCUT2D eigenvalue weighted by atomic mass is 9.94. The summed E-state index contributed by atoms with van der Waals surface area (Å²) in [5.41, 5.74) is 0. The Morgan fingerprint density at radius 2 is 1.94 bits per heavy atom. The molecule has 6 heteroatoms. The largest absolute Gasteiger partial charge is 0.395 e. The number of ether oxygens (including phenoxy) is 1. The van der Waals surface area contributed by atoms with E-state index in [0.29, 0.717) is 19.8 Å². The summed E-state index contributed by atoms with van der Waals surface area (Å²) in [6, 6.07) is -0.543. The third-order valence-electron chi connectivity index (χ3n) is 2.94. The van der Waals surface area contributed by atoms with Crippen molar-refractivity contribution in [3.63, 3.8) is 0 Å². The number of hydrogen-bond acceptors (Lipinski definition) is 6. The normalized spacial score (nSPS) is 36.6. The molecule has 4 atom stereocenters. The summed E-state index contributed by atoms with van der Waals surface area (Å²) in [6.45, 7) is 3.45. The van der Waals surface area contributed by atoms with Crippen molar-refractivity contribution >= 4 is 0 Å². The Morgan fingerprint density at radius 3 is 2.50 bits per heavy atom. The van der Waals surface area contributed by atoms with E-state index in [9.17, 15) is 15.3 Å². The van der Waals surface area contributed by atoms with Gasteiger partial charge in [0, 0.05) is 19.7 Å². The van der Waals surface area contributed by atoms with Crippen molar-refractivity contribution < 1.29 is 25.2 Å². The van der Waals surface area contributed by atoms with Gasteiger partial charge in [-0.2, -0.15) is 0 Å². The van der Waals surface area contributed by atoms with E-state index in [4.69, 9.17) is 9.84 Å². The second-order valence-electron chi connectivity index (χ2n) is 3.99.